The molecule has 0 spiro atoms. The molecule has 0 aliphatic carbocycles. The monoisotopic (exact) mass is 529 g/mol. The van der Waals surface area contributed by atoms with Crippen molar-refractivity contribution in [3.63, 3.8) is 0 Å². The van der Waals surface area contributed by atoms with Gasteiger partial charge < -0.3 is 29.6 Å². The molecular formula is C30H31N3O4S. The summed E-state index contributed by atoms with van der Waals surface area (Å²) >= 11 is 1.48. The molecule has 0 atom stereocenters. The average Bonchev–Trinajstić information content (AvgIpc) is 2.98. The van der Waals surface area contributed by atoms with Gasteiger partial charge in [-0.15, -0.1) is 0 Å². The maximum Gasteiger partial charge on any atom is 0.251 e. The molecule has 38 heavy (non-hydrogen) atoms. The van der Waals surface area contributed by atoms with E-state index in [0.29, 0.717) is 24.4 Å². The first-order valence-corrected chi connectivity index (χ1v) is 12.9. The highest BCUT2D eigenvalue weighted by Gasteiger charge is 2.09. The van der Waals surface area contributed by atoms with E-state index in [1.165, 1.54) is 11.9 Å². The van der Waals surface area contributed by atoms with Crippen molar-refractivity contribution in [2.75, 3.05) is 44.5 Å². The zero-order valence-electron chi connectivity index (χ0n) is 21.6. The molecule has 0 unspecified atom stereocenters. The lowest BCUT2D eigenvalue weighted by molar-refractivity contribution is 0.0955. The van der Waals surface area contributed by atoms with Crippen LogP contribution in [0, 0.1) is 0 Å². The van der Waals surface area contributed by atoms with Crippen LogP contribution in [0.15, 0.2) is 95.9 Å². The second-order valence-corrected chi connectivity index (χ2v) is 9.15. The van der Waals surface area contributed by atoms with Gasteiger partial charge in [-0.3, -0.25) is 4.79 Å². The van der Waals surface area contributed by atoms with Gasteiger partial charge in [0.05, 0.1) is 26.2 Å². The van der Waals surface area contributed by atoms with Crippen molar-refractivity contribution < 1.29 is 19.0 Å². The predicted molar refractivity (Wildman–Crippen MR) is 155 cm³/mol. The Balaban J connectivity index is 1.33. The minimum absolute atomic E-state index is 0.136. The second-order valence-electron chi connectivity index (χ2n) is 8.30. The van der Waals surface area contributed by atoms with Crippen LogP contribution in [0.2, 0.25) is 0 Å². The molecule has 1 amide bonds. The summed E-state index contributed by atoms with van der Waals surface area (Å²) in [6, 6.07) is 29.2. The van der Waals surface area contributed by atoms with Gasteiger partial charge in [0.15, 0.2) is 0 Å². The highest BCUT2D eigenvalue weighted by Crippen LogP contribution is 2.35. The summed E-state index contributed by atoms with van der Waals surface area (Å²) in [4.78, 5) is 13.3. The number of methoxy groups -OCH3 is 3. The van der Waals surface area contributed by atoms with E-state index in [1.807, 2.05) is 60.7 Å². The molecule has 196 valence electrons. The maximum absolute atomic E-state index is 12.4. The van der Waals surface area contributed by atoms with E-state index in [9.17, 15) is 4.79 Å². The quantitative estimate of drug-likeness (QED) is 0.146. The Labute approximate surface area is 227 Å². The summed E-state index contributed by atoms with van der Waals surface area (Å²) in [5, 5.41) is 6.27. The highest BCUT2D eigenvalue weighted by molar-refractivity contribution is 8.00. The number of hydrogen-bond acceptors (Lipinski definition) is 7. The molecule has 0 aliphatic heterocycles. The van der Waals surface area contributed by atoms with E-state index in [2.05, 4.69) is 27.5 Å². The average molecular weight is 530 g/mol. The van der Waals surface area contributed by atoms with Gasteiger partial charge in [-0.1, -0.05) is 30.3 Å². The normalized spacial score (nSPS) is 10.4. The SMILES string of the molecule is COc1cccc(C(=O)NCCNc2cccc(NSc3cc(-c4cccc(OC)c4)ccc3OC)c2)c1. The Morgan fingerprint density at radius 1 is 0.711 bits per heavy atom. The summed E-state index contributed by atoms with van der Waals surface area (Å²) in [5.74, 6) is 2.12. The third-order valence-electron chi connectivity index (χ3n) is 5.78. The first-order valence-electron chi connectivity index (χ1n) is 12.1. The molecular weight excluding hydrogens is 498 g/mol. The fourth-order valence-corrected chi connectivity index (χ4v) is 4.59. The molecule has 0 bridgehead atoms. The molecule has 0 aliphatic rings. The third-order valence-corrected chi connectivity index (χ3v) is 6.66. The van der Waals surface area contributed by atoms with Gasteiger partial charge in [-0.25, -0.2) is 0 Å². The topological polar surface area (TPSA) is 80.9 Å². The van der Waals surface area contributed by atoms with E-state index < -0.39 is 0 Å². The van der Waals surface area contributed by atoms with Crippen LogP contribution in [0.1, 0.15) is 10.4 Å². The Kier molecular flexibility index (Phi) is 9.37. The van der Waals surface area contributed by atoms with Crippen LogP contribution in [0.25, 0.3) is 11.1 Å². The Bertz CT molecular complexity index is 1380. The molecule has 0 saturated heterocycles. The summed E-state index contributed by atoms with van der Waals surface area (Å²) < 4.78 is 19.5. The Morgan fingerprint density at radius 2 is 1.42 bits per heavy atom. The van der Waals surface area contributed by atoms with Crippen LogP contribution in [0.3, 0.4) is 0 Å². The number of ether oxygens (including phenoxy) is 3. The zero-order valence-corrected chi connectivity index (χ0v) is 22.4. The predicted octanol–water partition coefficient (Wildman–Crippen LogP) is 6.34. The number of benzene rings is 4. The van der Waals surface area contributed by atoms with Crippen LogP contribution in [0.4, 0.5) is 11.4 Å². The number of amides is 1. The molecule has 0 radical (unpaired) electrons. The lowest BCUT2D eigenvalue weighted by Crippen LogP contribution is -2.28. The van der Waals surface area contributed by atoms with Crippen LogP contribution in [0.5, 0.6) is 17.2 Å². The third kappa shape index (κ3) is 7.14. The van der Waals surface area contributed by atoms with Gasteiger partial charge in [0.2, 0.25) is 0 Å². The van der Waals surface area contributed by atoms with Crippen LogP contribution in [-0.4, -0.2) is 40.3 Å². The maximum atomic E-state index is 12.4. The summed E-state index contributed by atoms with van der Waals surface area (Å²) in [7, 11) is 4.92. The lowest BCUT2D eigenvalue weighted by atomic mass is 10.1. The van der Waals surface area contributed by atoms with Crippen molar-refractivity contribution in [3.8, 4) is 28.4 Å². The number of nitrogens with one attached hydrogen (secondary N) is 3. The zero-order chi connectivity index (χ0) is 26.7. The summed E-state index contributed by atoms with van der Waals surface area (Å²) in [6.45, 7) is 1.07. The molecule has 7 nitrogen and oxygen atoms in total. The van der Waals surface area contributed by atoms with Gasteiger partial charge in [0, 0.05) is 30.0 Å². The van der Waals surface area contributed by atoms with Gasteiger partial charge in [-0.2, -0.15) is 0 Å². The van der Waals surface area contributed by atoms with Crippen LogP contribution in [-0.2, 0) is 0 Å². The highest BCUT2D eigenvalue weighted by atomic mass is 32.2. The molecule has 3 N–H and O–H groups in total. The first-order chi connectivity index (χ1) is 18.6. The van der Waals surface area contributed by atoms with E-state index in [1.54, 1.807) is 39.5 Å². The minimum atomic E-state index is -0.136. The van der Waals surface area contributed by atoms with Gasteiger partial charge in [0.25, 0.3) is 5.91 Å². The molecule has 4 aromatic rings. The number of hydrogen-bond donors (Lipinski definition) is 3. The van der Waals surface area contributed by atoms with Crippen LogP contribution >= 0.6 is 11.9 Å². The van der Waals surface area contributed by atoms with Crippen molar-refractivity contribution in [1.82, 2.24) is 5.32 Å². The van der Waals surface area contributed by atoms with Gasteiger partial charge in [0.1, 0.15) is 17.2 Å². The lowest BCUT2D eigenvalue weighted by Gasteiger charge is -2.13. The van der Waals surface area contributed by atoms with Crippen molar-refractivity contribution in [2.24, 2.45) is 0 Å². The molecule has 0 fully saturated rings. The van der Waals surface area contributed by atoms with Crippen molar-refractivity contribution in [2.45, 2.75) is 4.90 Å². The molecule has 0 aromatic heterocycles. The smallest absolute Gasteiger partial charge is 0.251 e. The molecule has 8 heteroatoms. The van der Waals surface area contributed by atoms with Crippen molar-refractivity contribution in [1.29, 1.82) is 0 Å². The Hall–Kier alpha value is -4.30. The largest absolute Gasteiger partial charge is 0.497 e. The number of rotatable bonds is 12. The van der Waals surface area contributed by atoms with E-state index in [-0.39, 0.29) is 5.91 Å². The fourth-order valence-electron chi connectivity index (χ4n) is 3.79. The number of carbonyl (C=O) groups is 1. The summed E-state index contributed by atoms with van der Waals surface area (Å²) in [6.07, 6.45) is 0. The van der Waals surface area contributed by atoms with E-state index in [0.717, 1.165) is 38.9 Å². The van der Waals surface area contributed by atoms with Crippen LogP contribution < -0.4 is 29.6 Å². The number of carbonyl (C=O) groups excluding carboxylic acids is 1. The number of anilines is 2. The molecule has 4 rings (SSSR count). The summed E-state index contributed by atoms with van der Waals surface area (Å²) in [5.41, 5.74) is 4.59. The molecule has 0 heterocycles. The van der Waals surface area contributed by atoms with E-state index in [4.69, 9.17) is 14.2 Å². The van der Waals surface area contributed by atoms with E-state index >= 15 is 0 Å². The standard InChI is InChI=1S/C30H31N3O4S/c1-35-26-11-4-7-21(17-26)22-13-14-28(37-3)29(19-22)38-33-25-10-6-9-24(20-25)31-15-16-32-30(34)23-8-5-12-27(18-23)36-2/h4-14,17-20,31,33H,15-16H2,1-3H3,(H,32,34). The van der Waals surface area contributed by atoms with Gasteiger partial charge >= 0.3 is 0 Å². The fraction of sp³-hybridized carbons (Fsp3) is 0.167. The van der Waals surface area contributed by atoms with Crippen molar-refractivity contribution >= 4 is 29.2 Å². The Morgan fingerprint density at radius 3 is 2.21 bits per heavy atom. The first kappa shape index (κ1) is 26.8. The second kappa shape index (κ2) is 13.3. The molecule has 4 aromatic carbocycles. The minimum Gasteiger partial charge on any atom is -0.497 e. The van der Waals surface area contributed by atoms with Gasteiger partial charge in [-0.05, 0) is 83.7 Å². The van der Waals surface area contributed by atoms with Crippen molar-refractivity contribution in [3.05, 3.63) is 96.6 Å². The molecule has 0 saturated carbocycles.